The molecule has 6 nitrogen and oxygen atoms in total. The van der Waals surface area contributed by atoms with Crippen LogP contribution < -0.4 is 0 Å². The van der Waals surface area contributed by atoms with E-state index in [0.29, 0.717) is 11.8 Å². The summed E-state index contributed by atoms with van der Waals surface area (Å²) in [5.74, 6) is -0.564. The summed E-state index contributed by atoms with van der Waals surface area (Å²) < 4.78 is 4.45. The average Bonchev–Trinajstić information content (AvgIpc) is 2.28. The molecule has 17 heavy (non-hydrogen) atoms. The van der Waals surface area contributed by atoms with E-state index in [9.17, 15) is 19.7 Å². The number of carbonyl (C=O) groups excluding carboxylic acids is 2. The third kappa shape index (κ3) is 2.87. The van der Waals surface area contributed by atoms with Gasteiger partial charge in [-0.3, -0.25) is 19.7 Å². The minimum atomic E-state index is -0.620. The summed E-state index contributed by atoms with van der Waals surface area (Å²) in [4.78, 5) is 32.0. The number of methoxy groups -OCH3 is 1. The van der Waals surface area contributed by atoms with Gasteiger partial charge in [-0.2, -0.15) is 0 Å². The second-order valence-electron chi connectivity index (χ2n) is 3.47. The number of esters is 1. The first-order valence-electron chi connectivity index (χ1n) is 4.79. The number of carbonyl (C=O) groups is 2. The van der Waals surface area contributed by atoms with Gasteiger partial charge in [0.25, 0.3) is 5.69 Å². The molecular weight excluding hydrogens is 226 g/mol. The Kier molecular flexibility index (Phi) is 3.92. The quantitative estimate of drug-likeness (QED) is 0.342. The van der Waals surface area contributed by atoms with Gasteiger partial charge in [-0.1, -0.05) is 0 Å². The number of ether oxygens (including phenoxy) is 1. The molecule has 1 aromatic carbocycles. The Bertz CT molecular complexity index is 481. The van der Waals surface area contributed by atoms with Gasteiger partial charge in [-0.15, -0.1) is 0 Å². The molecular formula is C11H11NO5. The molecule has 90 valence electrons. The highest BCUT2D eigenvalue weighted by molar-refractivity contribution is 5.81. The molecule has 0 amide bonds. The van der Waals surface area contributed by atoms with Crippen LogP contribution >= 0.6 is 0 Å². The molecule has 0 fully saturated rings. The van der Waals surface area contributed by atoms with Crippen LogP contribution in [0.2, 0.25) is 0 Å². The van der Waals surface area contributed by atoms with E-state index in [1.165, 1.54) is 19.2 Å². The van der Waals surface area contributed by atoms with E-state index in [1.54, 1.807) is 6.92 Å². The zero-order valence-corrected chi connectivity index (χ0v) is 9.43. The van der Waals surface area contributed by atoms with E-state index in [4.69, 9.17) is 0 Å². The number of benzene rings is 1. The average molecular weight is 237 g/mol. The molecule has 0 unspecified atom stereocenters. The van der Waals surface area contributed by atoms with Crippen LogP contribution in [-0.4, -0.2) is 24.3 Å². The smallest absolute Gasteiger partial charge is 0.310 e. The van der Waals surface area contributed by atoms with Crippen molar-refractivity contribution in [1.29, 1.82) is 0 Å². The summed E-state index contributed by atoms with van der Waals surface area (Å²) in [6, 6.07) is 2.62. The normalized spacial score (nSPS) is 9.76. The minimum Gasteiger partial charge on any atom is -0.469 e. The van der Waals surface area contributed by atoms with Gasteiger partial charge < -0.3 is 4.74 Å². The van der Waals surface area contributed by atoms with Gasteiger partial charge in [-0.25, -0.2) is 0 Å². The number of rotatable bonds is 4. The SMILES string of the molecule is COC(=O)Cc1cc(C)c(C=O)cc1[N+](=O)[O-]. The van der Waals surface area contributed by atoms with Gasteiger partial charge >= 0.3 is 5.97 Å². The van der Waals surface area contributed by atoms with Crippen LogP contribution in [0.5, 0.6) is 0 Å². The maximum atomic E-state index is 11.1. The van der Waals surface area contributed by atoms with Crippen LogP contribution in [0.3, 0.4) is 0 Å². The van der Waals surface area contributed by atoms with E-state index in [1.807, 2.05) is 0 Å². The lowest BCUT2D eigenvalue weighted by Crippen LogP contribution is -2.08. The van der Waals surface area contributed by atoms with Gasteiger partial charge in [-0.05, 0) is 18.6 Å². The van der Waals surface area contributed by atoms with Crippen molar-refractivity contribution < 1.29 is 19.2 Å². The van der Waals surface area contributed by atoms with Crippen LogP contribution in [0.25, 0.3) is 0 Å². The molecule has 0 aliphatic carbocycles. The predicted octanol–water partition coefficient (Wildman–Crippen LogP) is 1.43. The number of nitro benzene ring substituents is 1. The minimum absolute atomic E-state index is 0.188. The zero-order valence-electron chi connectivity index (χ0n) is 9.43. The Morgan fingerprint density at radius 2 is 2.18 bits per heavy atom. The standard InChI is InChI=1S/C11H11NO5/c1-7-3-8(5-11(14)17-2)10(12(15)16)4-9(7)6-13/h3-4,6H,5H2,1-2H3. The summed E-state index contributed by atoms with van der Waals surface area (Å²) >= 11 is 0. The highest BCUT2D eigenvalue weighted by atomic mass is 16.6. The van der Waals surface area contributed by atoms with Crippen molar-refractivity contribution in [3.8, 4) is 0 Å². The number of nitrogens with zero attached hydrogens (tertiary/aromatic N) is 1. The summed E-state index contributed by atoms with van der Waals surface area (Å²) in [5.41, 5.74) is 0.822. The topological polar surface area (TPSA) is 86.5 Å². The van der Waals surface area contributed by atoms with Gasteiger partial charge in [0.2, 0.25) is 0 Å². The number of nitro groups is 1. The molecule has 6 heteroatoms. The second-order valence-corrected chi connectivity index (χ2v) is 3.47. The first-order chi connectivity index (χ1) is 7.99. The van der Waals surface area contributed by atoms with E-state index in [0.717, 1.165) is 0 Å². The summed E-state index contributed by atoms with van der Waals surface area (Å²) in [6.45, 7) is 1.65. The molecule has 1 rings (SSSR count). The first-order valence-corrected chi connectivity index (χ1v) is 4.79. The van der Waals surface area contributed by atoms with E-state index in [2.05, 4.69) is 4.74 Å². The summed E-state index contributed by atoms with van der Waals surface area (Å²) in [6.07, 6.45) is 0.358. The van der Waals surface area contributed by atoms with Crippen LogP contribution in [0.15, 0.2) is 12.1 Å². The lowest BCUT2D eigenvalue weighted by Gasteiger charge is -2.05. The maximum absolute atomic E-state index is 11.1. The van der Waals surface area contributed by atoms with E-state index >= 15 is 0 Å². The van der Waals surface area contributed by atoms with Gasteiger partial charge in [0.15, 0.2) is 6.29 Å². The molecule has 0 bridgehead atoms. The molecule has 0 spiro atoms. The Hall–Kier alpha value is -2.24. The van der Waals surface area contributed by atoms with Crippen molar-refractivity contribution in [3.63, 3.8) is 0 Å². The summed E-state index contributed by atoms with van der Waals surface area (Å²) in [5, 5.41) is 10.8. The fourth-order valence-corrected chi connectivity index (χ4v) is 1.44. The number of aryl methyl sites for hydroxylation is 1. The molecule has 0 saturated heterocycles. The monoisotopic (exact) mass is 237 g/mol. The molecule has 0 atom stereocenters. The fraction of sp³-hybridized carbons (Fsp3) is 0.273. The molecule has 0 aliphatic rings. The van der Waals surface area contributed by atoms with E-state index in [-0.39, 0.29) is 23.2 Å². The number of aldehydes is 1. The lowest BCUT2D eigenvalue weighted by molar-refractivity contribution is -0.385. The molecule has 0 saturated carbocycles. The third-order valence-electron chi connectivity index (χ3n) is 2.35. The Labute approximate surface area is 97.3 Å². The zero-order chi connectivity index (χ0) is 13.0. The van der Waals surface area contributed by atoms with Gasteiger partial charge in [0.05, 0.1) is 18.5 Å². The predicted molar refractivity (Wildman–Crippen MR) is 58.9 cm³/mol. The van der Waals surface area contributed by atoms with Crippen LogP contribution in [0.4, 0.5) is 5.69 Å². The van der Waals surface area contributed by atoms with Crippen molar-refractivity contribution in [2.75, 3.05) is 7.11 Å². The molecule has 0 radical (unpaired) electrons. The maximum Gasteiger partial charge on any atom is 0.310 e. The molecule has 0 heterocycles. The molecule has 0 aromatic heterocycles. The third-order valence-corrected chi connectivity index (χ3v) is 2.35. The van der Waals surface area contributed by atoms with Gasteiger partial charge in [0, 0.05) is 17.2 Å². The second kappa shape index (κ2) is 5.20. The Balaban J connectivity index is 3.27. The van der Waals surface area contributed by atoms with Crippen molar-refractivity contribution >= 4 is 17.9 Å². The lowest BCUT2D eigenvalue weighted by atomic mass is 10.0. The highest BCUT2D eigenvalue weighted by Gasteiger charge is 2.19. The highest BCUT2D eigenvalue weighted by Crippen LogP contribution is 2.23. The Morgan fingerprint density at radius 1 is 1.53 bits per heavy atom. The van der Waals surface area contributed by atoms with Gasteiger partial charge in [0.1, 0.15) is 0 Å². The first kappa shape index (κ1) is 12.8. The van der Waals surface area contributed by atoms with Crippen molar-refractivity contribution in [3.05, 3.63) is 38.9 Å². The van der Waals surface area contributed by atoms with Crippen LogP contribution in [-0.2, 0) is 16.0 Å². The van der Waals surface area contributed by atoms with E-state index < -0.39 is 10.9 Å². The molecule has 0 N–H and O–H groups in total. The number of hydrogen-bond donors (Lipinski definition) is 0. The summed E-state index contributed by atoms with van der Waals surface area (Å²) in [7, 11) is 1.21. The van der Waals surface area contributed by atoms with Crippen molar-refractivity contribution in [2.24, 2.45) is 0 Å². The molecule has 0 aliphatic heterocycles. The van der Waals surface area contributed by atoms with Crippen molar-refractivity contribution in [1.82, 2.24) is 0 Å². The van der Waals surface area contributed by atoms with Crippen molar-refractivity contribution in [2.45, 2.75) is 13.3 Å². The Morgan fingerprint density at radius 3 is 2.65 bits per heavy atom. The number of hydrogen-bond acceptors (Lipinski definition) is 5. The molecule has 1 aromatic rings. The fourth-order valence-electron chi connectivity index (χ4n) is 1.44. The largest absolute Gasteiger partial charge is 0.469 e. The van der Waals surface area contributed by atoms with Crippen LogP contribution in [0.1, 0.15) is 21.5 Å². The van der Waals surface area contributed by atoms with Crippen LogP contribution in [0, 0.1) is 17.0 Å².